The smallest absolute Gasteiger partial charge is 0.238 e. The molecule has 1 aromatic rings. The van der Waals surface area contributed by atoms with E-state index >= 15 is 0 Å². The van der Waals surface area contributed by atoms with E-state index in [2.05, 4.69) is 17.6 Å². The third kappa shape index (κ3) is 5.91. The number of benzene rings is 1. The highest BCUT2D eigenvalue weighted by Gasteiger charge is 2.03. The molecule has 0 spiro atoms. The fraction of sp³-hybridized carbons (Fsp3) is 0.417. The predicted octanol–water partition coefficient (Wildman–Crippen LogP) is 3.32. The number of amides is 1. The van der Waals surface area contributed by atoms with Crippen molar-refractivity contribution in [3.8, 4) is 0 Å². The topological polar surface area (TPSA) is 41.1 Å². The Morgan fingerprint density at radius 1 is 1.24 bits per heavy atom. The molecule has 0 fully saturated rings. The van der Waals surface area contributed by atoms with Gasteiger partial charge >= 0.3 is 0 Å². The zero-order valence-corrected chi connectivity index (χ0v) is 11.2. The molecule has 0 aliphatic rings. The van der Waals surface area contributed by atoms with E-state index in [1.54, 1.807) is 18.2 Å². The summed E-state index contributed by atoms with van der Waals surface area (Å²) >= 11 is 11.7. The zero-order chi connectivity index (χ0) is 12.7. The van der Waals surface area contributed by atoms with Crippen molar-refractivity contribution < 1.29 is 4.79 Å². The highest BCUT2D eigenvalue weighted by atomic mass is 35.5. The summed E-state index contributed by atoms with van der Waals surface area (Å²) in [5.41, 5.74) is 0.616. The Kier molecular flexibility index (Phi) is 6.34. The molecule has 94 valence electrons. The first kappa shape index (κ1) is 14.3. The molecular weight excluding hydrogens is 259 g/mol. The lowest BCUT2D eigenvalue weighted by Crippen LogP contribution is -2.28. The van der Waals surface area contributed by atoms with Gasteiger partial charge in [-0.1, -0.05) is 36.5 Å². The van der Waals surface area contributed by atoms with Crippen molar-refractivity contribution in [1.82, 2.24) is 5.32 Å². The van der Waals surface area contributed by atoms with Gasteiger partial charge in [-0.3, -0.25) is 4.79 Å². The first-order valence-corrected chi connectivity index (χ1v) is 6.34. The Hall–Kier alpha value is -0.770. The number of carbonyl (C=O) groups is 1. The molecule has 0 saturated heterocycles. The minimum Gasteiger partial charge on any atom is -0.325 e. The molecule has 0 atom stereocenters. The second kappa shape index (κ2) is 7.54. The summed E-state index contributed by atoms with van der Waals surface area (Å²) < 4.78 is 0. The van der Waals surface area contributed by atoms with E-state index in [9.17, 15) is 4.79 Å². The Bertz CT molecular complexity index is 363. The van der Waals surface area contributed by atoms with Gasteiger partial charge in [0.25, 0.3) is 0 Å². The molecule has 0 unspecified atom stereocenters. The fourth-order valence-corrected chi connectivity index (χ4v) is 1.86. The van der Waals surface area contributed by atoms with Crippen molar-refractivity contribution >= 4 is 34.8 Å². The Morgan fingerprint density at radius 3 is 2.47 bits per heavy atom. The van der Waals surface area contributed by atoms with Crippen molar-refractivity contribution in [3.05, 3.63) is 28.2 Å². The molecule has 0 aromatic heterocycles. The van der Waals surface area contributed by atoms with Gasteiger partial charge in [-0.15, -0.1) is 0 Å². The van der Waals surface area contributed by atoms with Crippen LogP contribution in [0.15, 0.2) is 18.2 Å². The van der Waals surface area contributed by atoms with Crippen LogP contribution in [0.25, 0.3) is 0 Å². The Morgan fingerprint density at radius 2 is 1.88 bits per heavy atom. The average molecular weight is 275 g/mol. The van der Waals surface area contributed by atoms with Crippen molar-refractivity contribution in [1.29, 1.82) is 0 Å². The van der Waals surface area contributed by atoms with Gasteiger partial charge in [-0.05, 0) is 31.2 Å². The summed E-state index contributed by atoms with van der Waals surface area (Å²) in [4.78, 5) is 11.5. The van der Waals surface area contributed by atoms with Gasteiger partial charge in [-0.25, -0.2) is 0 Å². The third-order valence-electron chi connectivity index (χ3n) is 2.14. The van der Waals surface area contributed by atoms with Gasteiger partial charge < -0.3 is 10.6 Å². The molecule has 0 radical (unpaired) electrons. The maximum atomic E-state index is 11.5. The Labute approximate surface area is 111 Å². The van der Waals surface area contributed by atoms with E-state index in [4.69, 9.17) is 23.2 Å². The molecule has 2 N–H and O–H groups in total. The number of anilines is 1. The monoisotopic (exact) mass is 274 g/mol. The SMILES string of the molecule is CCCCNCC(=O)Nc1cc(Cl)cc(Cl)c1. The normalized spacial score (nSPS) is 10.3. The number of hydrogen-bond donors (Lipinski definition) is 2. The lowest BCUT2D eigenvalue weighted by molar-refractivity contribution is -0.115. The quantitative estimate of drug-likeness (QED) is 0.782. The van der Waals surface area contributed by atoms with Gasteiger partial charge in [0.05, 0.1) is 6.54 Å². The van der Waals surface area contributed by atoms with E-state index < -0.39 is 0 Å². The summed E-state index contributed by atoms with van der Waals surface area (Å²) in [7, 11) is 0. The first-order chi connectivity index (χ1) is 8.11. The molecule has 3 nitrogen and oxygen atoms in total. The minimum absolute atomic E-state index is 0.0977. The average Bonchev–Trinajstić information content (AvgIpc) is 2.23. The van der Waals surface area contributed by atoms with Crippen LogP contribution in [-0.4, -0.2) is 19.0 Å². The van der Waals surface area contributed by atoms with Crippen LogP contribution < -0.4 is 10.6 Å². The fourth-order valence-electron chi connectivity index (χ4n) is 1.33. The maximum absolute atomic E-state index is 11.5. The van der Waals surface area contributed by atoms with Crippen molar-refractivity contribution in [2.45, 2.75) is 19.8 Å². The van der Waals surface area contributed by atoms with Crippen LogP contribution in [0.3, 0.4) is 0 Å². The molecule has 0 heterocycles. The number of unbranched alkanes of at least 4 members (excludes halogenated alkanes) is 1. The standard InChI is InChI=1S/C12H16Cl2N2O/c1-2-3-4-15-8-12(17)16-11-6-9(13)5-10(14)7-11/h5-7,15H,2-4,8H2,1H3,(H,16,17). The number of hydrogen-bond acceptors (Lipinski definition) is 2. The molecule has 0 saturated carbocycles. The van der Waals surface area contributed by atoms with Crippen LogP contribution in [0.1, 0.15) is 19.8 Å². The molecule has 0 aliphatic carbocycles. The van der Waals surface area contributed by atoms with Crippen LogP contribution in [0, 0.1) is 0 Å². The summed E-state index contributed by atoms with van der Waals surface area (Å²) in [6.07, 6.45) is 2.18. The molecule has 17 heavy (non-hydrogen) atoms. The van der Waals surface area contributed by atoms with E-state index in [-0.39, 0.29) is 5.91 Å². The third-order valence-corrected chi connectivity index (χ3v) is 2.58. The van der Waals surface area contributed by atoms with Crippen LogP contribution in [0.2, 0.25) is 10.0 Å². The molecule has 1 aromatic carbocycles. The van der Waals surface area contributed by atoms with Gasteiger partial charge in [0.15, 0.2) is 0 Å². The number of nitrogens with one attached hydrogen (secondary N) is 2. The van der Waals surface area contributed by atoms with E-state index in [1.807, 2.05) is 0 Å². The molecule has 1 rings (SSSR count). The summed E-state index contributed by atoms with van der Waals surface area (Å²) in [5, 5.41) is 6.80. The van der Waals surface area contributed by atoms with Crippen molar-refractivity contribution in [3.63, 3.8) is 0 Å². The van der Waals surface area contributed by atoms with E-state index in [0.29, 0.717) is 22.3 Å². The number of carbonyl (C=O) groups excluding carboxylic acids is 1. The molecule has 0 aliphatic heterocycles. The zero-order valence-electron chi connectivity index (χ0n) is 9.72. The van der Waals surface area contributed by atoms with Crippen molar-refractivity contribution in [2.75, 3.05) is 18.4 Å². The lowest BCUT2D eigenvalue weighted by atomic mass is 10.3. The van der Waals surface area contributed by atoms with Gasteiger partial charge in [-0.2, -0.15) is 0 Å². The van der Waals surface area contributed by atoms with E-state index in [0.717, 1.165) is 19.4 Å². The number of halogens is 2. The molecule has 5 heteroatoms. The highest BCUT2D eigenvalue weighted by Crippen LogP contribution is 2.22. The lowest BCUT2D eigenvalue weighted by Gasteiger charge is -2.07. The molecule has 0 bridgehead atoms. The maximum Gasteiger partial charge on any atom is 0.238 e. The van der Waals surface area contributed by atoms with Crippen LogP contribution in [0.4, 0.5) is 5.69 Å². The first-order valence-electron chi connectivity index (χ1n) is 5.58. The predicted molar refractivity (Wildman–Crippen MR) is 72.9 cm³/mol. The van der Waals surface area contributed by atoms with Crippen LogP contribution >= 0.6 is 23.2 Å². The highest BCUT2D eigenvalue weighted by molar-refractivity contribution is 6.35. The number of rotatable bonds is 6. The van der Waals surface area contributed by atoms with E-state index in [1.165, 1.54) is 0 Å². The Balaban J connectivity index is 2.39. The summed E-state index contributed by atoms with van der Waals surface area (Å²) in [5.74, 6) is -0.0977. The van der Waals surface area contributed by atoms with Gasteiger partial charge in [0.2, 0.25) is 5.91 Å². The second-order valence-corrected chi connectivity index (χ2v) is 4.61. The molecular formula is C12H16Cl2N2O. The van der Waals surface area contributed by atoms with Gasteiger partial charge in [0.1, 0.15) is 0 Å². The molecule has 1 amide bonds. The summed E-state index contributed by atoms with van der Waals surface area (Å²) in [6, 6.07) is 4.95. The summed E-state index contributed by atoms with van der Waals surface area (Å²) in [6.45, 7) is 3.25. The van der Waals surface area contributed by atoms with Crippen LogP contribution in [-0.2, 0) is 4.79 Å². The van der Waals surface area contributed by atoms with Gasteiger partial charge in [0, 0.05) is 15.7 Å². The van der Waals surface area contributed by atoms with Crippen molar-refractivity contribution in [2.24, 2.45) is 0 Å². The largest absolute Gasteiger partial charge is 0.325 e. The second-order valence-electron chi connectivity index (χ2n) is 3.74. The minimum atomic E-state index is -0.0977. The van der Waals surface area contributed by atoms with Crippen LogP contribution in [0.5, 0.6) is 0 Å².